The van der Waals surface area contributed by atoms with E-state index >= 15 is 0 Å². The lowest BCUT2D eigenvalue weighted by Crippen LogP contribution is -2.36. The number of benzene rings is 1. The zero-order valence-corrected chi connectivity index (χ0v) is 10.9. The SMILES string of the molecule is CN(C)C(=O)NCCn1c(N)nc2c(F)cccc21. The molecule has 0 fully saturated rings. The molecule has 1 aromatic heterocycles. The number of halogens is 1. The van der Waals surface area contributed by atoms with Crippen molar-refractivity contribution >= 4 is 23.0 Å². The van der Waals surface area contributed by atoms with Gasteiger partial charge in [0, 0.05) is 27.2 Å². The Morgan fingerprint density at radius 2 is 2.26 bits per heavy atom. The van der Waals surface area contributed by atoms with E-state index in [0.717, 1.165) is 0 Å². The average Bonchev–Trinajstić information content (AvgIpc) is 2.68. The third-order valence-electron chi connectivity index (χ3n) is 2.78. The van der Waals surface area contributed by atoms with Gasteiger partial charge < -0.3 is 20.5 Å². The van der Waals surface area contributed by atoms with Crippen molar-refractivity contribution in [1.29, 1.82) is 0 Å². The van der Waals surface area contributed by atoms with E-state index in [-0.39, 0.29) is 17.5 Å². The highest BCUT2D eigenvalue weighted by molar-refractivity contribution is 5.79. The van der Waals surface area contributed by atoms with Crippen LogP contribution >= 0.6 is 0 Å². The Kier molecular flexibility index (Phi) is 3.55. The molecule has 6 nitrogen and oxygen atoms in total. The maximum Gasteiger partial charge on any atom is 0.316 e. The summed E-state index contributed by atoms with van der Waals surface area (Å²) in [6.45, 7) is 0.828. The van der Waals surface area contributed by atoms with Crippen molar-refractivity contribution in [2.24, 2.45) is 0 Å². The van der Waals surface area contributed by atoms with Crippen LogP contribution in [0.15, 0.2) is 18.2 Å². The van der Waals surface area contributed by atoms with Crippen molar-refractivity contribution in [3.05, 3.63) is 24.0 Å². The largest absolute Gasteiger partial charge is 0.369 e. The Morgan fingerprint density at radius 3 is 2.95 bits per heavy atom. The number of nitrogen functional groups attached to an aromatic ring is 1. The first-order valence-corrected chi connectivity index (χ1v) is 5.86. The molecule has 0 bridgehead atoms. The number of rotatable bonds is 3. The Bertz CT molecular complexity index is 607. The van der Waals surface area contributed by atoms with Gasteiger partial charge in [-0.3, -0.25) is 0 Å². The lowest BCUT2D eigenvalue weighted by molar-refractivity contribution is 0.217. The Morgan fingerprint density at radius 1 is 1.53 bits per heavy atom. The zero-order valence-electron chi connectivity index (χ0n) is 10.9. The fourth-order valence-corrected chi connectivity index (χ4v) is 1.80. The highest BCUT2D eigenvalue weighted by Crippen LogP contribution is 2.19. The van der Waals surface area contributed by atoms with Gasteiger partial charge in [0.25, 0.3) is 0 Å². The van der Waals surface area contributed by atoms with E-state index in [9.17, 15) is 9.18 Å². The summed E-state index contributed by atoms with van der Waals surface area (Å²) < 4.78 is 15.2. The van der Waals surface area contributed by atoms with Crippen LogP contribution in [-0.4, -0.2) is 41.1 Å². The van der Waals surface area contributed by atoms with E-state index in [2.05, 4.69) is 10.3 Å². The highest BCUT2D eigenvalue weighted by atomic mass is 19.1. The molecule has 0 radical (unpaired) electrons. The van der Waals surface area contributed by atoms with Gasteiger partial charge in [-0.05, 0) is 12.1 Å². The standard InChI is InChI=1S/C12H16FN5O/c1-17(2)12(19)15-6-7-18-9-5-3-4-8(13)10(9)16-11(18)14/h3-5H,6-7H2,1-2H3,(H2,14,16)(H,15,19). The van der Waals surface area contributed by atoms with Crippen molar-refractivity contribution in [3.8, 4) is 0 Å². The molecule has 3 N–H and O–H groups in total. The van der Waals surface area contributed by atoms with Crippen LogP contribution in [0.2, 0.25) is 0 Å². The number of carbonyl (C=O) groups is 1. The number of fused-ring (bicyclic) bond motifs is 1. The van der Waals surface area contributed by atoms with Crippen molar-refractivity contribution in [2.45, 2.75) is 6.54 Å². The molecule has 7 heteroatoms. The van der Waals surface area contributed by atoms with Crippen LogP contribution < -0.4 is 11.1 Å². The summed E-state index contributed by atoms with van der Waals surface area (Å²) >= 11 is 0. The van der Waals surface area contributed by atoms with Crippen LogP contribution in [0.4, 0.5) is 15.1 Å². The summed E-state index contributed by atoms with van der Waals surface area (Å²) in [4.78, 5) is 16.8. The number of aromatic nitrogens is 2. The summed E-state index contributed by atoms with van der Waals surface area (Å²) in [5.41, 5.74) is 6.63. The van der Waals surface area contributed by atoms with E-state index in [1.807, 2.05) is 0 Å². The average molecular weight is 265 g/mol. The van der Waals surface area contributed by atoms with Gasteiger partial charge in [0.15, 0.2) is 5.82 Å². The molecule has 0 unspecified atom stereocenters. The lowest BCUT2D eigenvalue weighted by atomic mass is 10.3. The van der Waals surface area contributed by atoms with Crippen molar-refractivity contribution < 1.29 is 9.18 Å². The minimum absolute atomic E-state index is 0.186. The van der Waals surface area contributed by atoms with Crippen molar-refractivity contribution in [1.82, 2.24) is 19.8 Å². The molecule has 0 spiro atoms. The van der Waals surface area contributed by atoms with Gasteiger partial charge in [0.1, 0.15) is 5.52 Å². The second-order valence-electron chi connectivity index (χ2n) is 4.36. The highest BCUT2D eigenvalue weighted by Gasteiger charge is 2.11. The molecular formula is C12H16FN5O. The number of hydrogen-bond donors (Lipinski definition) is 2. The minimum atomic E-state index is -0.403. The molecule has 2 rings (SSSR count). The molecule has 0 aliphatic heterocycles. The third kappa shape index (κ3) is 2.59. The molecule has 0 aliphatic carbocycles. The van der Waals surface area contributed by atoms with Crippen LogP contribution in [0.1, 0.15) is 0 Å². The van der Waals surface area contributed by atoms with Gasteiger partial charge in [-0.2, -0.15) is 0 Å². The number of urea groups is 1. The summed E-state index contributed by atoms with van der Waals surface area (Å²) in [5.74, 6) is -0.167. The molecule has 0 atom stereocenters. The predicted octanol–water partition coefficient (Wildman–Crippen LogP) is 1.03. The molecule has 2 amide bonds. The van der Waals surface area contributed by atoms with E-state index in [1.54, 1.807) is 30.8 Å². The maximum atomic E-state index is 13.5. The van der Waals surface area contributed by atoms with Gasteiger partial charge in [-0.1, -0.05) is 6.07 Å². The van der Waals surface area contributed by atoms with Gasteiger partial charge in [-0.15, -0.1) is 0 Å². The quantitative estimate of drug-likeness (QED) is 0.870. The summed E-state index contributed by atoms with van der Waals surface area (Å²) in [5, 5.41) is 2.72. The first-order valence-electron chi connectivity index (χ1n) is 5.86. The number of anilines is 1. The summed E-state index contributed by atoms with van der Waals surface area (Å²) in [7, 11) is 3.32. The third-order valence-corrected chi connectivity index (χ3v) is 2.78. The van der Waals surface area contributed by atoms with Crippen LogP contribution in [-0.2, 0) is 6.54 Å². The number of nitrogens with two attached hydrogens (primary N) is 1. The van der Waals surface area contributed by atoms with E-state index < -0.39 is 5.82 Å². The maximum absolute atomic E-state index is 13.5. The van der Waals surface area contributed by atoms with Gasteiger partial charge >= 0.3 is 6.03 Å². The van der Waals surface area contributed by atoms with Crippen molar-refractivity contribution in [3.63, 3.8) is 0 Å². The topological polar surface area (TPSA) is 76.2 Å². The van der Waals surface area contributed by atoms with E-state index in [1.165, 1.54) is 11.0 Å². The molecule has 1 heterocycles. The van der Waals surface area contributed by atoms with E-state index in [0.29, 0.717) is 18.6 Å². The molecule has 0 aliphatic rings. The van der Waals surface area contributed by atoms with Gasteiger partial charge in [0.05, 0.1) is 5.52 Å². The second-order valence-corrected chi connectivity index (χ2v) is 4.36. The smallest absolute Gasteiger partial charge is 0.316 e. The Hall–Kier alpha value is -2.31. The lowest BCUT2D eigenvalue weighted by Gasteiger charge is -2.12. The monoisotopic (exact) mass is 265 g/mol. The number of nitrogens with zero attached hydrogens (tertiary/aromatic N) is 3. The van der Waals surface area contributed by atoms with Crippen molar-refractivity contribution in [2.75, 3.05) is 26.4 Å². The number of amides is 2. The predicted molar refractivity (Wildman–Crippen MR) is 71.2 cm³/mol. The van der Waals surface area contributed by atoms with Gasteiger partial charge in [-0.25, -0.2) is 14.2 Å². The molecule has 0 saturated heterocycles. The van der Waals surface area contributed by atoms with Crippen LogP contribution in [0, 0.1) is 5.82 Å². The minimum Gasteiger partial charge on any atom is -0.369 e. The molecule has 19 heavy (non-hydrogen) atoms. The molecule has 102 valence electrons. The van der Waals surface area contributed by atoms with Crippen LogP contribution in [0.3, 0.4) is 0 Å². The van der Waals surface area contributed by atoms with E-state index in [4.69, 9.17) is 5.73 Å². The Balaban J connectivity index is 2.15. The fourth-order valence-electron chi connectivity index (χ4n) is 1.80. The number of nitrogens with one attached hydrogen (secondary N) is 1. The van der Waals surface area contributed by atoms with Gasteiger partial charge in [0.2, 0.25) is 5.95 Å². The first kappa shape index (κ1) is 13.1. The van der Waals surface area contributed by atoms with Crippen LogP contribution in [0.25, 0.3) is 11.0 Å². The Labute approximate surface area is 110 Å². The number of hydrogen-bond acceptors (Lipinski definition) is 3. The van der Waals surface area contributed by atoms with Crippen LogP contribution in [0.5, 0.6) is 0 Å². The summed E-state index contributed by atoms with van der Waals surface area (Å²) in [6.07, 6.45) is 0. The molecular weight excluding hydrogens is 249 g/mol. The molecule has 1 aromatic carbocycles. The normalized spacial score (nSPS) is 10.7. The zero-order chi connectivity index (χ0) is 14.0. The molecule has 2 aromatic rings. The number of para-hydroxylation sites is 1. The summed E-state index contributed by atoms with van der Waals surface area (Å²) in [6, 6.07) is 4.50. The number of imidazole rings is 1. The number of carbonyl (C=O) groups excluding carboxylic acids is 1. The fraction of sp³-hybridized carbons (Fsp3) is 0.333. The molecule has 0 saturated carbocycles. The second kappa shape index (κ2) is 5.13. The first-order chi connectivity index (χ1) is 9.00.